The third kappa shape index (κ3) is 8.34. The summed E-state index contributed by atoms with van der Waals surface area (Å²) in [6.45, 7) is 5.02. The van der Waals surface area contributed by atoms with Crippen molar-refractivity contribution < 1.29 is 38.6 Å². The first-order chi connectivity index (χ1) is 22.9. The quantitative estimate of drug-likeness (QED) is 0.316. The number of fused-ring (bicyclic) bond motifs is 2. The molecule has 0 bridgehead atoms. The maximum atomic E-state index is 14.1. The van der Waals surface area contributed by atoms with E-state index in [0.717, 1.165) is 30.4 Å². The zero-order valence-corrected chi connectivity index (χ0v) is 27.6. The van der Waals surface area contributed by atoms with Crippen molar-refractivity contribution in [1.29, 1.82) is 0 Å². The Kier molecular flexibility index (Phi) is 10.4. The molecule has 3 aliphatic rings. The van der Waals surface area contributed by atoms with Crippen molar-refractivity contribution in [2.45, 2.75) is 95.0 Å². The Hall–Kier alpha value is -4.87. The molecule has 4 amide bonds. The van der Waals surface area contributed by atoms with Gasteiger partial charge in [-0.15, -0.1) is 0 Å². The number of carbonyl (C=O) groups is 5. The second-order valence-electron chi connectivity index (χ2n) is 13.6. The number of carboxylic acid groups (broad SMARTS) is 1. The van der Waals surface area contributed by atoms with Crippen LogP contribution >= 0.6 is 0 Å². The normalized spacial score (nSPS) is 26.8. The first-order valence-electron chi connectivity index (χ1n) is 16.5. The van der Waals surface area contributed by atoms with Crippen LogP contribution in [0.1, 0.15) is 65.7 Å². The van der Waals surface area contributed by atoms with Gasteiger partial charge in [-0.05, 0) is 58.1 Å². The molecule has 2 aromatic carbocycles. The Balaban J connectivity index is 1.37. The number of hydrogen-bond acceptors (Lipinski definition) is 7. The van der Waals surface area contributed by atoms with Gasteiger partial charge >= 0.3 is 18.2 Å². The van der Waals surface area contributed by atoms with Crippen LogP contribution in [0.15, 0.2) is 66.7 Å². The fraction of sp³-hybridized carbons (Fsp3) is 0.472. The molecule has 0 unspecified atom stereocenters. The van der Waals surface area contributed by atoms with Gasteiger partial charge in [-0.2, -0.15) is 0 Å². The molecule has 12 heteroatoms. The highest BCUT2D eigenvalue weighted by Gasteiger charge is 2.61. The molecule has 12 nitrogen and oxygen atoms in total. The predicted molar refractivity (Wildman–Crippen MR) is 178 cm³/mol. The second-order valence-corrected chi connectivity index (χ2v) is 13.6. The molecule has 256 valence electrons. The molecule has 48 heavy (non-hydrogen) atoms. The Morgan fingerprint density at radius 3 is 2.44 bits per heavy atom. The lowest BCUT2D eigenvalue weighted by atomic mass is 10.0. The van der Waals surface area contributed by atoms with Crippen molar-refractivity contribution in [2.24, 2.45) is 5.92 Å². The van der Waals surface area contributed by atoms with Crippen LogP contribution in [0.25, 0.3) is 11.1 Å². The molecular formula is C36H44N4O8. The highest BCUT2D eigenvalue weighted by Crippen LogP contribution is 2.45. The van der Waals surface area contributed by atoms with E-state index >= 15 is 0 Å². The SMILES string of the molecule is CC(C)(C)OC(=O)N[C@H]1CCCCC/C=C\[C@H]2C[C@@]2(C(=O)O)NC(=O)[C@@H]2C[C@@H](OC(=O)Nc3ccccc3-c3ccccc3)CN2C1=O. The number of allylic oxidation sites excluding steroid dienone is 1. The van der Waals surface area contributed by atoms with Gasteiger partial charge in [0.15, 0.2) is 0 Å². The Morgan fingerprint density at radius 1 is 0.979 bits per heavy atom. The predicted octanol–water partition coefficient (Wildman–Crippen LogP) is 5.24. The lowest BCUT2D eigenvalue weighted by Gasteiger charge is -2.30. The topological polar surface area (TPSA) is 163 Å². The Bertz CT molecular complexity index is 1550. The molecule has 0 aromatic heterocycles. The lowest BCUT2D eigenvalue weighted by Crippen LogP contribution is -2.56. The van der Waals surface area contributed by atoms with E-state index in [1.54, 1.807) is 32.9 Å². The van der Waals surface area contributed by atoms with E-state index in [2.05, 4.69) is 16.0 Å². The number of rotatable bonds is 5. The molecule has 2 aliphatic heterocycles. The standard InChI is InChI=1S/C36H44N4O8/c1-35(2,3)48-34(46)38-28-19-11-6-4-5-10-16-24-21-36(24,32(43)44)39-30(41)29-20-25(22-40(29)31(28)42)47-33(45)37-27-18-13-12-17-26(27)23-14-8-7-9-15-23/h7-10,12-18,24-25,28-29H,4-6,11,19-22H2,1-3H3,(H,37,45)(H,38,46)(H,39,41)(H,43,44)/b16-10-/t24-,25+,28-,29-,36+/m0/s1. The minimum Gasteiger partial charge on any atom is -0.479 e. The number of benzene rings is 2. The number of aliphatic carboxylic acids is 1. The van der Waals surface area contributed by atoms with Crippen LogP contribution in [0.4, 0.5) is 15.3 Å². The summed E-state index contributed by atoms with van der Waals surface area (Å²) in [6, 6.07) is 14.6. The minimum absolute atomic E-state index is 0.0549. The van der Waals surface area contributed by atoms with Crippen molar-refractivity contribution in [3.05, 3.63) is 66.7 Å². The zero-order valence-electron chi connectivity index (χ0n) is 27.6. The van der Waals surface area contributed by atoms with E-state index in [4.69, 9.17) is 9.47 Å². The largest absolute Gasteiger partial charge is 0.479 e. The summed E-state index contributed by atoms with van der Waals surface area (Å²) in [5.74, 6) is -2.72. The molecular weight excluding hydrogens is 616 g/mol. The molecule has 4 N–H and O–H groups in total. The van der Waals surface area contributed by atoms with Gasteiger partial charge in [0.25, 0.3) is 0 Å². The molecule has 0 spiro atoms. The van der Waals surface area contributed by atoms with E-state index in [9.17, 15) is 29.1 Å². The van der Waals surface area contributed by atoms with E-state index in [-0.39, 0.29) is 25.3 Å². The van der Waals surface area contributed by atoms with Crippen molar-refractivity contribution in [3.63, 3.8) is 0 Å². The molecule has 2 heterocycles. The Morgan fingerprint density at radius 2 is 1.71 bits per heavy atom. The first-order valence-corrected chi connectivity index (χ1v) is 16.5. The number of anilines is 1. The summed E-state index contributed by atoms with van der Waals surface area (Å²) < 4.78 is 11.2. The van der Waals surface area contributed by atoms with Gasteiger partial charge in [-0.3, -0.25) is 14.9 Å². The van der Waals surface area contributed by atoms with E-state index < -0.39 is 59.3 Å². The first kappa shape index (κ1) is 34.5. The highest BCUT2D eigenvalue weighted by molar-refractivity contribution is 5.96. The fourth-order valence-corrected chi connectivity index (χ4v) is 6.35. The average Bonchev–Trinajstić information content (AvgIpc) is 3.57. The van der Waals surface area contributed by atoms with Crippen LogP contribution in [-0.4, -0.2) is 75.8 Å². The summed E-state index contributed by atoms with van der Waals surface area (Å²) in [5, 5.41) is 18.3. The summed E-state index contributed by atoms with van der Waals surface area (Å²) >= 11 is 0. The van der Waals surface area contributed by atoms with Crippen molar-refractivity contribution >= 4 is 35.7 Å². The molecule has 0 radical (unpaired) electrons. The van der Waals surface area contributed by atoms with Gasteiger partial charge in [-0.25, -0.2) is 14.4 Å². The number of para-hydroxylation sites is 1. The van der Waals surface area contributed by atoms with Crippen LogP contribution in [-0.2, 0) is 23.9 Å². The van der Waals surface area contributed by atoms with Crippen LogP contribution in [0.2, 0.25) is 0 Å². The third-order valence-electron chi connectivity index (χ3n) is 8.83. The fourth-order valence-electron chi connectivity index (χ4n) is 6.35. The van der Waals surface area contributed by atoms with Gasteiger partial charge in [0.2, 0.25) is 11.8 Å². The van der Waals surface area contributed by atoms with Gasteiger partial charge < -0.3 is 30.1 Å². The number of ether oxygens (including phenoxy) is 2. The van der Waals surface area contributed by atoms with Crippen LogP contribution in [0.3, 0.4) is 0 Å². The summed E-state index contributed by atoms with van der Waals surface area (Å²) in [6.07, 6.45) is 4.77. The molecule has 2 aromatic rings. The number of alkyl carbamates (subject to hydrolysis) is 1. The molecule has 1 aliphatic carbocycles. The molecule has 1 saturated heterocycles. The maximum Gasteiger partial charge on any atom is 0.411 e. The summed E-state index contributed by atoms with van der Waals surface area (Å²) in [5.41, 5.74) is -0.0765. The number of carbonyl (C=O) groups excluding carboxylic acids is 4. The number of hydrogen-bond donors (Lipinski definition) is 4. The second kappa shape index (κ2) is 14.5. The van der Waals surface area contributed by atoms with Gasteiger partial charge in [0, 0.05) is 17.9 Å². The average molecular weight is 661 g/mol. The monoisotopic (exact) mass is 660 g/mol. The van der Waals surface area contributed by atoms with Crippen LogP contribution < -0.4 is 16.0 Å². The lowest BCUT2D eigenvalue weighted by molar-refractivity contribution is -0.145. The number of carboxylic acids is 1. The van der Waals surface area contributed by atoms with E-state index in [1.165, 1.54) is 4.90 Å². The summed E-state index contributed by atoms with van der Waals surface area (Å²) in [7, 11) is 0. The van der Waals surface area contributed by atoms with Crippen molar-refractivity contribution in [1.82, 2.24) is 15.5 Å². The smallest absolute Gasteiger partial charge is 0.411 e. The van der Waals surface area contributed by atoms with E-state index in [0.29, 0.717) is 18.5 Å². The molecule has 5 atom stereocenters. The van der Waals surface area contributed by atoms with Gasteiger partial charge in [0.05, 0.1) is 12.2 Å². The highest BCUT2D eigenvalue weighted by atomic mass is 16.6. The van der Waals surface area contributed by atoms with Crippen molar-refractivity contribution in [2.75, 3.05) is 11.9 Å². The third-order valence-corrected chi connectivity index (χ3v) is 8.83. The van der Waals surface area contributed by atoms with Crippen LogP contribution in [0, 0.1) is 5.92 Å². The van der Waals surface area contributed by atoms with Crippen molar-refractivity contribution in [3.8, 4) is 11.1 Å². The molecule has 1 saturated carbocycles. The minimum atomic E-state index is -1.48. The molecule has 2 fully saturated rings. The number of nitrogens with one attached hydrogen (secondary N) is 3. The Labute approximate surface area is 280 Å². The number of amides is 4. The zero-order chi connectivity index (χ0) is 34.5. The maximum absolute atomic E-state index is 14.1. The van der Waals surface area contributed by atoms with E-state index in [1.807, 2.05) is 54.6 Å². The molecule has 5 rings (SSSR count). The number of nitrogens with zero attached hydrogens (tertiary/aromatic N) is 1. The summed E-state index contributed by atoms with van der Waals surface area (Å²) in [4.78, 5) is 67.6. The van der Waals surface area contributed by atoms with Gasteiger partial charge in [-0.1, -0.05) is 73.5 Å². The van der Waals surface area contributed by atoms with Gasteiger partial charge in [0.1, 0.15) is 29.3 Å². The van der Waals surface area contributed by atoms with Crippen LogP contribution in [0.5, 0.6) is 0 Å².